The van der Waals surface area contributed by atoms with Crippen molar-refractivity contribution in [2.24, 2.45) is 5.73 Å². The van der Waals surface area contributed by atoms with Gasteiger partial charge in [0.1, 0.15) is 0 Å². The highest BCUT2D eigenvalue weighted by atomic mass is 16.1. The first kappa shape index (κ1) is 11.5. The molecule has 0 aliphatic rings. The van der Waals surface area contributed by atoms with Gasteiger partial charge in [-0.05, 0) is 26.8 Å². The van der Waals surface area contributed by atoms with Crippen LogP contribution in [0.15, 0.2) is 6.07 Å². The van der Waals surface area contributed by atoms with Crippen LogP contribution in [0.1, 0.15) is 41.1 Å². The minimum atomic E-state index is -0.331. The van der Waals surface area contributed by atoms with Crippen LogP contribution in [0.25, 0.3) is 0 Å². The van der Waals surface area contributed by atoms with Crippen LogP contribution in [0.2, 0.25) is 0 Å². The van der Waals surface area contributed by atoms with Gasteiger partial charge in [-0.25, -0.2) is 0 Å². The van der Waals surface area contributed by atoms with Gasteiger partial charge in [0.25, 0.3) is 0 Å². The lowest BCUT2D eigenvalue weighted by Gasteiger charge is -2.16. The molecule has 0 bridgehead atoms. The number of hydrogen-bond donors (Lipinski definition) is 1. The van der Waals surface area contributed by atoms with Gasteiger partial charge < -0.3 is 10.3 Å². The van der Waals surface area contributed by atoms with E-state index < -0.39 is 0 Å². The predicted octanol–water partition coefficient (Wildman–Crippen LogP) is 1.35. The maximum Gasteiger partial charge on any atom is 0.219 e. The Morgan fingerprint density at radius 2 is 2.20 bits per heavy atom. The van der Waals surface area contributed by atoms with E-state index in [1.807, 2.05) is 31.4 Å². The van der Waals surface area contributed by atoms with Crippen molar-refractivity contribution in [2.75, 3.05) is 0 Å². The molecule has 0 aromatic carbocycles. The van der Waals surface area contributed by atoms with E-state index in [0.29, 0.717) is 5.56 Å². The Kier molecular flexibility index (Phi) is 3.29. The van der Waals surface area contributed by atoms with Crippen LogP contribution < -0.4 is 5.73 Å². The van der Waals surface area contributed by atoms with Crippen LogP contribution >= 0.6 is 0 Å². The third-order valence-electron chi connectivity index (χ3n) is 2.59. The van der Waals surface area contributed by atoms with Gasteiger partial charge in [0.05, 0.1) is 0 Å². The lowest BCUT2D eigenvalue weighted by Crippen LogP contribution is -2.18. The van der Waals surface area contributed by atoms with Crippen LogP contribution in [-0.4, -0.2) is 16.8 Å². The summed E-state index contributed by atoms with van der Waals surface area (Å²) in [5.41, 5.74) is 7.68. The molecule has 1 aromatic heterocycles. The maximum absolute atomic E-state index is 10.8. The molecule has 0 aliphatic carbocycles. The Bertz CT molecular complexity index is 394. The molecule has 82 valence electrons. The Morgan fingerprint density at radius 3 is 2.60 bits per heavy atom. The number of carbonyl (C=O) groups is 2. The average Bonchev–Trinajstić information content (AvgIpc) is 2.40. The van der Waals surface area contributed by atoms with Crippen molar-refractivity contribution in [3.8, 4) is 0 Å². The molecule has 0 radical (unpaired) electrons. The fraction of sp³-hybridized carbons (Fsp3) is 0.455. The van der Waals surface area contributed by atoms with Gasteiger partial charge in [-0.2, -0.15) is 0 Å². The third-order valence-corrected chi connectivity index (χ3v) is 2.59. The zero-order chi connectivity index (χ0) is 11.6. The fourth-order valence-electron chi connectivity index (χ4n) is 1.98. The lowest BCUT2D eigenvalue weighted by atomic mass is 10.2. The number of rotatable bonds is 4. The summed E-state index contributed by atoms with van der Waals surface area (Å²) in [6.07, 6.45) is 1.12. The minimum absolute atomic E-state index is 0.00352. The number of nitrogens with zero attached hydrogens (tertiary/aromatic N) is 1. The summed E-state index contributed by atoms with van der Waals surface area (Å²) in [5.74, 6) is -0.331. The summed E-state index contributed by atoms with van der Waals surface area (Å²) in [6, 6.07) is 1.82. The quantitative estimate of drug-likeness (QED) is 0.759. The zero-order valence-electron chi connectivity index (χ0n) is 9.28. The van der Waals surface area contributed by atoms with Crippen LogP contribution in [0.4, 0.5) is 0 Å². The van der Waals surface area contributed by atoms with Crippen molar-refractivity contribution in [1.29, 1.82) is 0 Å². The topological polar surface area (TPSA) is 65.1 Å². The van der Waals surface area contributed by atoms with E-state index >= 15 is 0 Å². The van der Waals surface area contributed by atoms with E-state index in [2.05, 4.69) is 0 Å². The summed E-state index contributed by atoms with van der Waals surface area (Å²) in [7, 11) is 0. The Labute approximate surface area is 89.1 Å². The molecule has 0 saturated heterocycles. The molecule has 1 amide bonds. The lowest BCUT2D eigenvalue weighted by molar-refractivity contribution is -0.118. The zero-order valence-corrected chi connectivity index (χ0v) is 9.28. The molecule has 2 N–H and O–H groups in total. The van der Waals surface area contributed by atoms with Crippen molar-refractivity contribution in [1.82, 2.24) is 4.57 Å². The van der Waals surface area contributed by atoms with Gasteiger partial charge in [-0.3, -0.25) is 9.59 Å². The highest BCUT2D eigenvalue weighted by molar-refractivity contribution is 5.77. The number of aryl methyl sites for hydroxylation is 1. The second-order valence-corrected chi connectivity index (χ2v) is 3.83. The van der Waals surface area contributed by atoms with Gasteiger partial charge in [-0.15, -0.1) is 0 Å². The SMILES string of the molecule is Cc1cc(C=O)c(C)n1C(C)CC(N)=O. The van der Waals surface area contributed by atoms with Crippen LogP contribution in [0, 0.1) is 13.8 Å². The molecular weight excluding hydrogens is 192 g/mol. The normalized spacial score (nSPS) is 12.5. The molecule has 0 spiro atoms. The second kappa shape index (κ2) is 4.29. The first-order chi connectivity index (χ1) is 6.97. The highest BCUT2D eigenvalue weighted by Crippen LogP contribution is 2.21. The summed E-state index contributed by atoms with van der Waals surface area (Å²) >= 11 is 0. The maximum atomic E-state index is 10.8. The van der Waals surface area contributed by atoms with Gasteiger partial charge >= 0.3 is 0 Å². The molecule has 0 saturated carbocycles. The van der Waals surface area contributed by atoms with E-state index in [9.17, 15) is 9.59 Å². The number of primary amides is 1. The first-order valence-electron chi connectivity index (χ1n) is 4.89. The number of nitrogens with two attached hydrogens (primary N) is 1. The number of amides is 1. The Balaban J connectivity index is 3.07. The van der Waals surface area contributed by atoms with Crippen molar-refractivity contribution in [3.05, 3.63) is 23.0 Å². The van der Waals surface area contributed by atoms with E-state index in [1.165, 1.54) is 0 Å². The highest BCUT2D eigenvalue weighted by Gasteiger charge is 2.15. The smallest absolute Gasteiger partial charge is 0.219 e. The van der Waals surface area contributed by atoms with E-state index in [1.54, 1.807) is 0 Å². The van der Waals surface area contributed by atoms with Gasteiger partial charge in [-0.1, -0.05) is 0 Å². The Morgan fingerprint density at radius 1 is 1.60 bits per heavy atom. The van der Waals surface area contributed by atoms with Crippen molar-refractivity contribution >= 4 is 12.2 Å². The molecule has 1 rings (SSSR count). The molecule has 1 atom stereocenters. The number of aromatic nitrogens is 1. The van der Waals surface area contributed by atoms with Crippen LogP contribution in [-0.2, 0) is 4.79 Å². The molecular formula is C11H16N2O2. The van der Waals surface area contributed by atoms with Gasteiger partial charge in [0, 0.05) is 29.4 Å². The fourth-order valence-corrected chi connectivity index (χ4v) is 1.98. The van der Waals surface area contributed by atoms with Crippen molar-refractivity contribution < 1.29 is 9.59 Å². The summed E-state index contributed by atoms with van der Waals surface area (Å²) in [5, 5.41) is 0. The number of aldehydes is 1. The molecule has 1 aromatic rings. The molecule has 1 unspecified atom stereocenters. The van der Waals surface area contributed by atoms with Gasteiger partial charge in [0.2, 0.25) is 5.91 Å². The average molecular weight is 208 g/mol. The monoisotopic (exact) mass is 208 g/mol. The van der Waals surface area contributed by atoms with E-state index in [0.717, 1.165) is 17.7 Å². The largest absolute Gasteiger partial charge is 0.370 e. The van der Waals surface area contributed by atoms with Crippen molar-refractivity contribution in [3.63, 3.8) is 0 Å². The molecule has 0 fully saturated rings. The standard InChI is InChI=1S/C11H16N2O2/c1-7-4-10(6-14)9(3)13(7)8(2)5-11(12)15/h4,6,8H,5H2,1-3H3,(H2,12,15). The molecule has 4 nitrogen and oxygen atoms in total. The summed E-state index contributed by atoms with van der Waals surface area (Å²) < 4.78 is 1.97. The number of hydrogen-bond acceptors (Lipinski definition) is 2. The molecule has 4 heteroatoms. The summed E-state index contributed by atoms with van der Waals surface area (Å²) in [6.45, 7) is 5.70. The second-order valence-electron chi connectivity index (χ2n) is 3.83. The Hall–Kier alpha value is -1.58. The minimum Gasteiger partial charge on any atom is -0.370 e. The van der Waals surface area contributed by atoms with Crippen molar-refractivity contribution in [2.45, 2.75) is 33.2 Å². The van der Waals surface area contributed by atoms with E-state index in [-0.39, 0.29) is 18.4 Å². The van der Waals surface area contributed by atoms with Crippen LogP contribution in [0.3, 0.4) is 0 Å². The molecule has 1 heterocycles. The number of carbonyl (C=O) groups excluding carboxylic acids is 2. The summed E-state index contributed by atoms with van der Waals surface area (Å²) in [4.78, 5) is 21.6. The first-order valence-corrected chi connectivity index (χ1v) is 4.89. The molecule has 15 heavy (non-hydrogen) atoms. The van der Waals surface area contributed by atoms with Crippen LogP contribution in [0.5, 0.6) is 0 Å². The van der Waals surface area contributed by atoms with E-state index in [4.69, 9.17) is 5.73 Å². The predicted molar refractivity (Wildman–Crippen MR) is 57.8 cm³/mol. The third kappa shape index (κ3) is 2.26. The molecule has 0 aliphatic heterocycles. The van der Waals surface area contributed by atoms with Gasteiger partial charge in [0.15, 0.2) is 6.29 Å².